The SMILES string of the molecule is CCCC(Oc1ccc(C=N)c(C(F)(F)F)c1)C(=O)NCCc1c[nH]c2ccc(OC)cc12. The summed E-state index contributed by atoms with van der Waals surface area (Å²) in [5, 5.41) is 11.0. The number of aromatic amines is 1. The Kier molecular flexibility index (Phi) is 7.63. The average molecular weight is 461 g/mol. The first-order valence-corrected chi connectivity index (χ1v) is 10.6. The third-order valence-corrected chi connectivity index (χ3v) is 5.28. The van der Waals surface area contributed by atoms with Crippen molar-refractivity contribution in [1.29, 1.82) is 5.41 Å². The van der Waals surface area contributed by atoms with E-state index in [9.17, 15) is 18.0 Å². The first-order valence-electron chi connectivity index (χ1n) is 10.6. The summed E-state index contributed by atoms with van der Waals surface area (Å²) in [5.41, 5.74) is 0.731. The molecule has 6 nitrogen and oxygen atoms in total. The Labute approximate surface area is 189 Å². The van der Waals surface area contributed by atoms with Gasteiger partial charge in [0, 0.05) is 35.4 Å². The molecule has 0 aliphatic heterocycles. The molecule has 0 saturated heterocycles. The maximum atomic E-state index is 13.3. The van der Waals surface area contributed by atoms with Crippen molar-refractivity contribution in [3.8, 4) is 11.5 Å². The van der Waals surface area contributed by atoms with Crippen molar-refractivity contribution in [2.24, 2.45) is 0 Å². The number of rotatable bonds is 10. The average Bonchev–Trinajstić information content (AvgIpc) is 3.20. The van der Waals surface area contributed by atoms with Crippen molar-refractivity contribution in [3.63, 3.8) is 0 Å². The van der Waals surface area contributed by atoms with Gasteiger partial charge in [0.1, 0.15) is 11.5 Å². The molecule has 1 unspecified atom stereocenters. The molecule has 0 saturated carbocycles. The van der Waals surface area contributed by atoms with E-state index >= 15 is 0 Å². The van der Waals surface area contributed by atoms with Crippen LogP contribution in [-0.2, 0) is 17.4 Å². The van der Waals surface area contributed by atoms with Crippen molar-refractivity contribution >= 4 is 23.0 Å². The largest absolute Gasteiger partial charge is 0.497 e. The smallest absolute Gasteiger partial charge is 0.417 e. The zero-order valence-electron chi connectivity index (χ0n) is 18.4. The molecular formula is C24H26F3N3O3. The molecule has 2 aromatic carbocycles. The van der Waals surface area contributed by atoms with Crippen LogP contribution in [0.3, 0.4) is 0 Å². The third-order valence-electron chi connectivity index (χ3n) is 5.28. The summed E-state index contributed by atoms with van der Waals surface area (Å²) in [6.45, 7) is 2.20. The van der Waals surface area contributed by atoms with E-state index in [1.165, 1.54) is 6.07 Å². The zero-order valence-corrected chi connectivity index (χ0v) is 18.4. The first kappa shape index (κ1) is 24.2. The molecule has 1 aromatic heterocycles. The van der Waals surface area contributed by atoms with Gasteiger partial charge in [-0.05, 0) is 54.8 Å². The van der Waals surface area contributed by atoms with Crippen LogP contribution in [-0.4, -0.2) is 36.9 Å². The number of alkyl halides is 3. The second-order valence-corrected chi connectivity index (χ2v) is 7.55. The molecule has 176 valence electrons. The van der Waals surface area contributed by atoms with Crippen LogP contribution in [0.1, 0.15) is 36.5 Å². The lowest BCUT2D eigenvalue weighted by Gasteiger charge is -2.20. The maximum Gasteiger partial charge on any atom is 0.417 e. The summed E-state index contributed by atoms with van der Waals surface area (Å²) >= 11 is 0. The summed E-state index contributed by atoms with van der Waals surface area (Å²) in [4.78, 5) is 15.9. The number of carbonyl (C=O) groups is 1. The summed E-state index contributed by atoms with van der Waals surface area (Å²) in [5.74, 6) is 0.278. The van der Waals surface area contributed by atoms with Crippen LogP contribution in [0.15, 0.2) is 42.6 Å². The van der Waals surface area contributed by atoms with Gasteiger partial charge in [-0.15, -0.1) is 0 Å². The fourth-order valence-electron chi connectivity index (χ4n) is 3.58. The molecule has 33 heavy (non-hydrogen) atoms. The van der Waals surface area contributed by atoms with Crippen LogP contribution in [0.25, 0.3) is 10.9 Å². The standard InChI is InChI=1S/C24H26F3N3O3/c1-3-4-22(33-18-6-5-15(13-28)20(12-18)24(25,26)27)23(31)29-10-9-16-14-30-21-8-7-17(32-2)11-19(16)21/h5-8,11-14,22,28,30H,3-4,9-10H2,1-2H3,(H,29,31). The first-order chi connectivity index (χ1) is 15.8. The molecule has 1 heterocycles. The van der Waals surface area contributed by atoms with E-state index in [4.69, 9.17) is 14.9 Å². The van der Waals surface area contributed by atoms with Gasteiger partial charge in [-0.1, -0.05) is 13.3 Å². The van der Waals surface area contributed by atoms with Gasteiger partial charge in [0.15, 0.2) is 6.10 Å². The van der Waals surface area contributed by atoms with Gasteiger partial charge in [0.2, 0.25) is 0 Å². The fourth-order valence-corrected chi connectivity index (χ4v) is 3.58. The molecule has 0 aliphatic rings. The Balaban J connectivity index is 1.67. The highest BCUT2D eigenvalue weighted by molar-refractivity contribution is 5.85. The van der Waals surface area contributed by atoms with E-state index in [2.05, 4.69) is 10.3 Å². The second-order valence-electron chi connectivity index (χ2n) is 7.55. The minimum Gasteiger partial charge on any atom is -0.497 e. The number of ether oxygens (including phenoxy) is 2. The molecule has 9 heteroatoms. The van der Waals surface area contributed by atoms with Crippen LogP contribution >= 0.6 is 0 Å². The number of aromatic nitrogens is 1. The van der Waals surface area contributed by atoms with Crippen LogP contribution in [0.5, 0.6) is 11.5 Å². The summed E-state index contributed by atoms with van der Waals surface area (Å²) in [6.07, 6.45) is -1.51. The molecule has 3 rings (SSSR count). The molecule has 0 bridgehead atoms. The second kappa shape index (κ2) is 10.4. The molecule has 0 spiro atoms. The van der Waals surface area contributed by atoms with E-state index in [1.54, 1.807) is 7.11 Å². The van der Waals surface area contributed by atoms with E-state index in [1.807, 2.05) is 31.3 Å². The lowest BCUT2D eigenvalue weighted by atomic mass is 10.1. The molecular weight excluding hydrogens is 435 g/mol. The Morgan fingerprint density at radius 2 is 1.97 bits per heavy atom. The maximum absolute atomic E-state index is 13.3. The predicted molar refractivity (Wildman–Crippen MR) is 120 cm³/mol. The quantitative estimate of drug-likeness (QED) is 0.367. The number of carbonyl (C=O) groups excluding carboxylic acids is 1. The third kappa shape index (κ3) is 5.85. The van der Waals surface area contributed by atoms with Crippen molar-refractivity contribution < 1.29 is 27.4 Å². The van der Waals surface area contributed by atoms with Crippen LogP contribution < -0.4 is 14.8 Å². The minimum absolute atomic E-state index is 0.0646. The number of fused-ring (bicyclic) bond motifs is 1. The van der Waals surface area contributed by atoms with Gasteiger partial charge < -0.3 is 25.2 Å². The molecule has 0 radical (unpaired) electrons. The number of hydrogen-bond acceptors (Lipinski definition) is 4. The number of nitrogens with one attached hydrogen (secondary N) is 3. The summed E-state index contributed by atoms with van der Waals surface area (Å²) < 4.78 is 50.7. The van der Waals surface area contributed by atoms with Gasteiger partial charge in [0.25, 0.3) is 5.91 Å². The Bertz CT molecular complexity index is 1130. The van der Waals surface area contributed by atoms with Crippen LogP contribution in [0.4, 0.5) is 13.2 Å². The van der Waals surface area contributed by atoms with Crippen LogP contribution in [0.2, 0.25) is 0 Å². The van der Waals surface area contributed by atoms with Gasteiger partial charge in [0.05, 0.1) is 12.7 Å². The Morgan fingerprint density at radius 3 is 2.64 bits per heavy atom. The van der Waals surface area contributed by atoms with Gasteiger partial charge >= 0.3 is 6.18 Å². The number of hydrogen-bond donors (Lipinski definition) is 3. The van der Waals surface area contributed by atoms with E-state index in [0.29, 0.717) is 32.0 Å². The van der Waals surface area contributed by atoms with E-state index in [-0.39, 0.29) is 17.2 Å². The molecule has 3 N–H and O–H groups in total. The Morgan fingerprint density at radius 1 is 1.21 bits per heavy atom. The number of halogens is 3. The highest BCUT2D eigenvalue weighted by atomic mass is 19.4. The van der Waals surface area contributed by atoms with Gasteiger partial charge in [-0.2, -0.15) is 13.2 Å². The number of benzene rings is 2. The lowest BCUT2D eigenvalue weighted by Crippen LogP contribution is -2.39. The van der Waals surface area contributed by atoms with Crippen molar-refractivity contribution in [2.45, 2.75) is 38.5 Å². The van der Waals surface area contributed by atoms with Gasteiger partial charge in [-0.25, -0.2) is 0 Å². The predicted octanol–water partition coefficient (Wildman–Crippen LogP) is 5.10. The highest BCUT2D eigenvalue weighted by Gasteiger charge is 2.33. The molecule has 0 aliphatic carbocycles. The number of methoxy groups -OCH3 is 1. The Hall–Kier alpha value is -3.49. The van der Waals surface area contributed by atoms with E-state index in [0.717, 1.165) is 34.3 Å². The number of H-pyrrole nitrogens is 1. The minimum atomic E-state index is -4.63. The van der Waals surface area contributed by atoms with Crippen molar-refractivity contribution in [2.75, 3.05) is 13.7 Å². The monoisotopic (exact) mass is 461 g/mol. The molecule has 1 atom stereocenters. The van der Waals surface area contributed by atoms with E-state index < -0.39 is 17.8 Å². The van der Waals surface area contributed by atoms with Crippen LogP contribution in [0, 0.1) is 5.41 Å². The normalized spacial score (nSPS) is 12.4. The number of amides is 1. The highest BCUT2D eigenvalue weighted by Crippen LogP contribution is 2.34. The zero-order chi connectivity index (χ0) is 24.0. The van der Waals surface area contributed by atoms with Crippen molar-refractivity contribution in [1.82, 2.24) is 10.3 Å². The fraction of sp³-hybridized carbons (Fsp3) is 0.333. The summed E-state index contributed by atoms with van der Waals surface area (Å²) in [7, 11) is 1.60. The molecule has 3 aromatic rings. The molecule has 0 fully saturated rings. The lowest BCUT2D eigenvalue weighted by molar-refractivity contribution is -0.137. The topological polar surface area (TPSA) is 87.2 Å². The summed E-state index contributed by atoms with van der Waals surface area (Å²) in [6, 6.07) is 9.02. The van der Waals surface area contributed by atoms with Crippen molar-refractivity contribution in [3.05, 3.63) is 59.3 Å². The van der Waals surface area contributed by atoms with Gasteiger partial charge in [-0.3, -0.25) is 4.79 Å². The molecule has 1 amide bonds.